The van der Waals surface area contributed by atoms with Crippen LogP contribution in [0, 0.1) is 11.3 Å². The quantitative estimate of drug-likeness (QED) is 0.544. The lowest BCUT2D eigenvalue weighted by Gasteiger charge is -2.43. The van der Waals surface area contributed by atoms with Gasteiger partial charge in [0.25, 0.3) is 5.91 Å². The topological polar surface area (TPSA) is 83.4 Å². The summed E-state index contributed by atoms with van der Waals surface area (Å²) in [6.45, 7) is 9.04. The molecule has 1 saturated heterocycles. The van der Waals surface area contributed by atoms with Crippen LogP contribution in [-0.4, -0.2) is 39.4 Å². The molecule has 2 unspecified atom stereocenters. The Bertz CT molecular complexity index is 1320. The number of para-hydroxylation sites is 1. The second-order valence-corrected chi connectivity index (χ2v) is 10.8. The number of nitrogens with one attached hydrogen (secondary N) is 2. The van der Waals surface area contributed by atoms with Crippen LogP contribution in [-0.2, 0) is 16.1 Å². The normalized spacial score (nSPS) is 24.2. The SMILES string of the molecule is CCn1c2ccccc2c2cc(NC(=O)CN3C(=O)NC4(CC(C)CC(C)(C)C4)C3=O)ccc21. The van der Waals surface area contributed by atoms with Gasteiger partial charge in [-0.1, -0.05) is 39.0 Å². The van der Waals surface area contributed by atoms with Crippen molar-refractivity contribution in [2.24, 2.45) is 11.3 Å². The zero-order valence-electron chi connectivity index (χ0n) is 20.3. The second kappa shape index (κ2) is 7.86. The van der Waals surface area contributed by atoms with E-state index in [2.05, 4.69) is 55.0 Å². The summed E-state index contributed by atoms with van der Waals surface area (Å²) in [4.78, 5) is 40.0. The van der Waals surface area contributed by atoms with Gasteiger partial charge in [-0.15, -0.1) is 0 Å². The fraction of sp³-hybridized carbons (Fsp3) is 0.444. The maximum Gasteiger partial charge on any atom is 0.325 e. The first-order valence-corrected chi connectivity index (χ1v) is 12.1. The average molecular weight is 461 g/mol. The minimum atomic E-state index is -0.903. The molecule has 34 heavy (non-hydrogen) atoms. The number of benzene rings is 2. The molecule has 1 aromatic heterocycles. The number of imide groups is 1. The lowest BCUT2D eigenvalue weighted by atomic mass is 9.64. The Labute approximate surface area is 199 Å². The van der Waals surface area contributed by atoms with Gasteiger partial charge in [0, 0.05) is 34.0 Å². The maximum atomic E-state index is 13.3. The van der Waals surface area contributed by atoms with Gasteiger partial charge in [0.05, 0.1) is 0 Å². The van der Waals surface area contributed by atoms with Gasteiger partial charge in [-0.05, 0) is 61.8 Å². The summed E-state index contributed by atoms with van der Waals surface area (Å²) in [5, 5.41) is 8.00. The van der Waals surface area contributed by atoms with Crippen LogP contribution in [0.1, 0.15) is 47.0 Å². The molecule has 1 saturated carbocycles. The number of nitrogens with zero attached hydrogens (tertiary/aromatic N) is 2. The van der Waals surface area contributed by atoms with Crippen molar-refractivity contribution in [2.45, 2.75) is 59.0 Å². The number of urea groups is 1. The molecule has 7 heteroatoms. The van der Waals surface area contributed by atoms with Crippen LogP contribution in [0.3, 0.4) is 0 Å². The minimum absolute atomic E-state index is 0.0496. The number of hydrogen-bond acceptors (Lipinski definition) is 3. The second-order valence-electron chi connectivity index (χ2n) is 10.8. The number of aromatic nitrogens is 1. The lowest BCUT2D eigenvalue weighted by molar-refractivity contribution is -0.136. The van der Waals surface area contributed by atoms with Gasteiger partial charge in [-0.2, -0.15) is 0 Å². The van der Waals surface area contributed by atoms with Gasteiger partial charge in [-0.3, -0.25) is 14.5 Å². The summed E-state index contributed by atoms with van der Waals surface area (Å²) in [5.74, 6) is -0.352. The first-order valence-electron chi connectivity index (χ1n) is 12.1. The molecule has 178 valence electrons. The average Bonchev–Trinajstić information content (AvgIpc) is 3.18. The van der Waals surface area contributed by atoms with E-state index in [-0.39, 0.29) is 23.8 Å². The fourth-order valence-corrected chi connectivity index (χ4v) is 6.47. The Hall–Kier alpha value is -3.35. The third-order valence-electron chi connectivity index (χ3n) is 7.30. The molecule has 0 bridgehead atoms. The first-order chi connectivity index (χ1) is 16.1. The van der Waals surface area contributed by atoms with Crippen molar-refractivity contribution in [1.82, 2.24) is 14.8 Å². The zero-order valence-corrected chi connectivity index (χ0v) is 20.3. The summed E-state index contributed by atoms with van der Waals surface area (Å²) in [6, 6.07) is 13.6. The summed E-state index contributed by atoms with van der Waals surface area (Å²) in [5.41, 5.74) is 1.95. The molecule has 2 aliphatic rings. The third kappa shape index (κ3) is 3.63. The largest absolute Gasteiger partial charge is 0.341 e. The van der Waals surface area contributed by atoms with Gasteiger partial charge < -0.3 is 15.2 Å². The summed E-state index contributed by atoms with van der Waals surface area (Å²) >= 11 is 0. The molecule has 7 nitrogen and oxygen atoms in total. The maximum absolute atomic E-state index is 13.3. The van der Waals surface area contributed by atoms with Crippen LogP contribution in [0.2, 0.25) is 0 Å². The van der Waals surface area contributed by atoms with E-state index in [1.807, 2.05) is 30.3 Å². The number of hydrogen-bond donors (Lipinski definition) is 2. The Balaban J connectivity index is 1.36. The van der Waals surface area contributed by atoms with E-state index in [4.69, 9.17) is 0 Å². The molecule has 1 spiro atoms. The monoisotopic (exact) mass is 460 g/mol. The lowest BCUT2D eigenvalue weighted by Crippen LogP contribution is -2.54. The van der Waals surface area contributed by atoms with Crippen molar-refractivity contribution in [3.05, 3.63) is 42.5 Å². The molecule has 2 N–H and O–H groups in total. The molecule has 2 fully saturated rings. The highest BCUT2D eigenvalue weighted by atomic mass is 16.2. The zero-order chi connectivity index (χ0) is 24.3. The fourth-order valence-electron chi connectivity index (χ4n) is 6.47. The molecular weight excluding hydrogens is 428 g/mol. The standard InChI is InChI=1S/C27H32N4O3/c1-5-30-21-9-7-6-8-19(21)20-12-18(10-11-22(20)30)28-23(32)15-31-24(33)27(29-25(31)34)14-17(2)13-26(3,4)16-27/h6-12,17H,5,13-16H2,1-4H3,(H,28,32)(H,29,34). The molecule has 2 atom stereocenters. The van der Waals surface area contributed by atoms with Crippen LogP contribution in [0.25, 0.3) is 21.8 Å². The Morgan fingerprint density at radius 1 is 1.09 bits per heavy atom. The number of amides is 4. The van der Waals surface area contributed by atoms with Gasteiger partial charge in [0.15, 0.2) is 0 Å². The van der Waals surface area contributed by atoms with Gasteiger partial charge >= 0.3 is 6.03 Å². The van der Waals surface area contributed by atoms with Crippen LogP contribution >= 0.6 is 0 Å². The molecule has 4 amide bonds. The van der Waals surface area contributed by atoms with Crippen molar-refractivity contribution < 1.29 is 14.4 Å². The molecule has 1 aliphatic carbocycles. The van der Waals surface area contributed by atoms with Crippen LogP contribution in [0.4, 0.5) is 10.5 Å². The van der Waals surface area contributed by atoms with Crippen LogP contribution in [0.15, 0.2) is 42.5 Å². The van der Waals surface area contributed by atoms with E-state index in [1.165, 1.54) is 0 Å². The van der Waals surface area contributed by atoms with Gasteiger partial charge in [-0.25, -0.2) is 4.79 Å². The molecular formula is C27H32N4O3. The van der Waals surface area contributed by atoms with Crippen molar-refractivity contribution in [2.75, 3.05) is 11.9 Å². The van der Waals surface area contributed by atoms with E-state index in [1.54, 1.807) is 0 Å². The summed E-state index contributed by atoms with van der Waals surface area (Å²) < 4.78 is 2.25. The van der Waals surface area contributed by atoms with Crippen molar-refractivity contribution in [1.29, 1.82) is 0 Å². The summed E-state index contributed by atoms with van der Waals surface area (Å²) in [7, 11) is 0. The van der Waals surface area contributed by atoms with E-state index in [9.17, 15) is 14.4 Å². The molecule has 5 rings (SSSR count). The predicted octanol–water partition coefficient (Wildman–Crippen LogP) is 4.89. The minimum Gasteiger partial charge on any atom is -0.341 e. The third-order valence-corrected chi connectivity index (χ3v) is 7.30. The van der Waals surface area contributed by atoms with E-state index < -0.39 is 11.6 Å². The molecule has 2 heterocycles. The van der Waals surface area contributed by atoms with E-state index >= 15 is 0 Å². The number of carbonyl (C=O) groups is 3. The van der Waals surface area contributed by atoms with Crippen LogP contribution in [0.5, 0.6) is 0 Å². The highest BCUT2D eigenvalue weighted by molar-refractivity contribution is 6.12. The first kappa shape index (κ1) is 22.4. The number of carbonyl (C=O) groups excluding carboxylic acids is 3. The number of aryl methyl sites for hydroxylation is 1. The van der Waals surface area contributed by atoms with Crippen LogP contribution < -0.4 is 10.6 Å². The Morgan fingerprint density at radius 2 is 1.82 bits per heavy atom. The van der Waals surface area contributed by atoms with Gasteiger partial charge in [0.1, 0.15) is 12.1 Å². The number of fused-ring (bicyclic) bond motifs is 3. The highest BCUT2D eigenvalue weighted by Gasteiger charge is 2.56. The smallest absolute Gasteiger partial charge is 0.325 e. The molecule has 1 aliphatic heterocycles. The Kier molecular flexibility index (Phi) is 5.19. The van der Waals surface area contributed by atoms with Crippen molar-refractivity contribution in [3.8, 4) is 0 Å². The number of rotatable bonds is 4. The van der Waals surface area contributed by atoms with E-state index in [0.29, 0.717) is 24.4 Å². The summed E-state index contributed by atoms with van der Waals surface area (Å²) in [6.07, 6.45) is 2.21. The Morgan fingerprint density at radius 3 is 2.56 bits per heavy atom. The van der Waals surface area contributed by atoms with Gasteiger partial charge in [0.2, 0.25) is 5.91 Å². The van der Waals surface area contributed by atoms with Crippen molar-refractivity contribution >= 4 is 45.3 Å². The highest BCUT2D eigenvalue weighted by Crippen LogP contribution is 2.46. The van der Waals surface area contributed by atoms with E-state index in [0.717, 1.165) is 39.7 Å². The number of anilines is 1. The molecule has 3 aromatic rings. The molecule has 2 aromatic carbocycles. The van der Waals surface area contributed by atoms with Crippen molar-refractivity contribution in [3.63, 3.8) is 0 Å². The molecule has 0 radical (unpaired) electrons. The predicted molar refractivity (Wildman–Crippen MR) is 134 cm³/mol.